The van der Waals surface area contributed by atoms with Gasteiger partial charge in [-0.2, -0.15) is 0 Å². The van der Waals surface area contributed by atoms with Crippen LogP contribution in [0.2, 0.25) is 0 Å². The summed E-state index contributed by atoms with van der Waals surface area (Å²) < 4.78 is 3.93. The average molecular weight is 476 g/mol. The van der Waals surface area contributed by atoms with Crippen molar-refractivity contribution in [1.82, 2.24) is 0 Å². The van der Waals surface area contributed by atoms with Gasteiger partial charge in [0.25, 0.3) is 0 Å². The van der Waals surface area contributed by atoms with Crippen molar-refractivity contribution in [3.8, 4) is 5.75 Å². The Hall–Kier alpha value is -1.56. The molecule has 3 rings (SSSR count). The van der Waals surface area contributed by atoms with Crippen LogP contribution in [0.15, 0.2) is 36.4 Å². The molecule has 142 valence electrons. The Balaban J connectivity index is 2.10. The van der Waals surface area contributed by atoms with Crippen LogP contribution in [0, 0.1) is 6.92 Å². The first kappa shape index (κ1) is 20.2. The van der Waals surface area contributed by atoms with Crippen LogP contribution in [-0.4, -0.2) is 25.8 Å². The number of fused-ring (bicyclic) bond motifs is 1. The summed E-state index contributed by atoms with van der Waals surface area (Å²) in [5.74, 6) is 0.442. The van der Waals surface area contributed by atoms with Crippen LogP contribution in [-0.2, 0) is 10.8 Å². The fourth-order valence-electron chi connectivity index (χ4n) is 3.33. The molecule has 0 aliphatic heterocycles. The van der Waals surface area contributed by atoms with E-state index in [1.165, 1.54) is 14.5 Å². The third-order valence-electron chi connectivity index (χ3n) is 4.95. The zero-order chi connectivity index (χ0) is 20.0. The van der Waals surface area contributed by atoms with Gasteiger partial charge >= 0.3 is 174 Å². The molecular formula is C24H30NOTe+. The van der Waals surface area contributed by atoms with Crippen LogP contribution < -0.4 is 2.79 Å². The Morgan fingerprint density at radius 2 is 1.48 bits per heavy atom. The zero-order valence-corrected chi connectivity index (χ0v) is 19.8. The predicted octanol–water partition coefficient (Wildman–Crippen LogP) is 5.42. The number of phenols is 1. The van der Waals surface area contributed by atoms with Gasteiger partial charge in [0.15, 0.2) is 0 Å². The molecule has 1 aromatic heterocycles. The molecule has 0 aliphatic carbocycles. The molecule has 0 saturated heterocycles. The van der Waals surface area contributed by atoms with E-state index in [9.17, 15) is 5.11 Å². The molecule has 2 aromatic carbocycles. The van der Waals surface area contributed by atoms with Gasteiger partial charge < -0.3 is 0 Å². The van der Waals surface area contributed by atoms with Crippen molar-refractivity contribution < 1.29 is 7.90 Å². The Kier molecular flexibility index (Phi) is 5.32. The molecule has 1 heterocycles. The second kappa shape index (κ2) is 7.12. The summed E-state index contributed by atoms with van der Waals surface area (Å²) in [7, 11) is 0. The fraction of sp³-hybridized carbons (Fsp3) is 0.375. The number of benzene rings is 2. The molecule has 0 bridgehead atoms. The molecule has 0 fully saturated rings. The van der Waals surface area contributed by atoms with Gasteiger partial charge in [-0.05, 0) is 0 Å². The van der Waals surface area contributed by atoms with Gasteiger partial charge in [-0.25, -0.2) is 0 Å². The van der Waals surface area contributed by atoms with E-state index in [-0.39, 0.29) is 10.8 Å². The first-order valence-corrected chi connectivity index (χ1v) is 11.7. The topological polar surface area (TPSA) is 24.1 Å². The van der Waals surface area contributed by atoms with Crippen LogP contribution in [0.3, 0.4) is 0 Å². The number of rotatable bonds is 2. The van der Waals surface area contributed by atoms with E-state index in [2.05, 4.69) is 99.9 Å². The Morgan fingerprint density at radius 3 is 2.00 bits per heavy atom. The van der Waals surface area contributed by atoms with Crippen molar-refractivity contribution >= 4 is 41.8 Å². The number of aryl methyl sites for hydroxylation is 1. The number of hydrogen-bond donors (Lipinski definition) is 1. The van der Waals surface area contributed by atoms with Gasteiger partial charge in [0.2, 0.25) is 0 Å². The quantitative estimate of drug-likeness (QED) is 0.491. The molecule has 0 amide bonds. The van der Waals surface area contributed by atoms with Crippen LogP contribution in [0.5, 0.6) is 5.75 Å². The van der Waals surface area contributed by atoms with Crippen LogP contribution in [0.4, 0.5) is 0 Å². The molecule has 0 saturated carbocycles. The van der Waals surface area contributed by atoms with Gasteiger partial charge in [0, 0.05) is 0 Å². The molecule has 0 unspecified atom stereocenters. The van der Waals surface area contributed by atoms with Crippen molar-refractivity contribution in [2.24, 2.45) is 0 Å². The first-order valence-electron chi connectivity index (χ1n) is 9.45. The molecule has 1 N–H and O–H groups in total. The van der Waals surface area contributed by atoms with Crippen molar-refractivity contribution in [1.29, 1.82) is 0 Å². The number of aromatic hydroxyl groups is 1. The van der Waals surface area contributed by atoms with Gasteiger partial charge in [-0.1, -0.05) is 0 Å². The summed E-state index contributed by atoms with van der Waals surface area (Å²) in [6.07, 6.45) is 4.42. The van der Waals surface area contributed by atoms with E-state index in [1.54, 1.807) is 0 Å². The van der Waals surface area contributed by atoms with Crippen molar-refractivity contribution in [2.45, 2.75) is 59.3 Å². The minimum absolute atomic E-state index is 0.103. The molecule has 2 nitrogen and oxygen atoms in total. The Bertz CT molecular complexity index is 978. The number of hydrogen-bond acceptors (Lipinski definition) is 1. The standard InChI is InChI=1S/C24H29NOTe/c1-16-18-10-8-9-11-21(18)27-25(16)13-12-17-14-19(23(2,3)4)22(26)20(15-17)24(5,6)7/h8-15H,1-7H3/p+1. The maximum absolute atomic E-state index is 10.9. The third-order valence-corrected chi connectivity index (χ3v) is 8.22. The zero-order valence-electron chi connectivity index (χ0n) is 17.4. The number of aromatic nitrogens is 1. The summed E-state index contributed by atoms with van der Waals surface area (Å²) in [6, 6.07) is 13.0. The van der Waals surface area contributed by atoms with Gasteiger partial charge in [0.1, 0.15) is 0 Å². The van der Waals surface area contributed by atoms with E-state index in [4.69, 9.17) is 0 Å². The summed E-state index contributed by atoms with van der Waals surface area (Å²) in [6.45, 7) is 15.1. The van der Waals surface area contributed by atoms with E-state index in [1.807, 2.05) is 0 Å². The number of nitrogens with zero attached hydrogens (tertiary/aromatic N) is 1. The molecule has 3 heteroatoms. The summed E-state index contributed by atoms with van der Waals surface area (Å²) >= 11 is -0.391. The Morgan fingerprint density at radius 1 is 0.926 bits per heavy atom. The average Bonchev–Trinajstić information content (AvgIpc) is 2.88. The maximum atomic E-state index is 10.9. The molecule has 27 heavy (non-hydrogen) atoms. The SMILES string of the molecule is Cc1c2ccccc2[te][n+]1C=Cc1cc(C(C)(C)C)c(O)c(C(C)(C)C)c1. The number of phenolic OH excluding ortho intramolecular Hbond substituents is 1. The molecular weight excluding hydrogens is 446 g/mol. The van der Waals surface area contributed by atoms with E-state index in [0.29, 0.717) is 5.75 Å². The molecule has 3 aromatic rings. The molecule has 0 radical (unpaired) electrons. The first-order chi connectivity index (χ1) is 12.5. The minimum atomic E-state index is -0.391. The monoisotopic (exact) mass is 478 g/mol. The van der Waals surface area contributed by atoms with Gasteiger partial charge in [-0.15, -0.1) is 0 Å². The second-order valence-electron chi connectivity index (χ2n) is 9.28. The normalized spacial score (nSPS) is 13.0. The summed E-state index contributed by atoms with van der Waals surface area (Å²) in [5.41, 5.74) is 4.31. The third kappa shape index (κ3) is 4.15. The summed E-state index contributed by atoms with van der Waals surface area (Å²) in [5, 5.41) is 12.3. The van der Waals surface area contributed by atoms with Gasteiger partial charge in [0.05, 0.1) is 0 Å². The molecule has 0 spiro atoms. The summed E-state index contributed by atoms with van der Waals surface area (Å²) in [4.78, 5) is 0. The predicted molar refractivity (Wildman–Crippen MR) is 117 cm³/mol. The molecule has 0 aliphatic rings. The Labute approximate surface area is 173 Å². The second-order valence-corrected chi connectivity index (χ2v) is 12.2. The van der Waals surface area contributed by atoms with E-state index in [0.717, 1.165) is 16.7 Å². The molecule has 0 atom stereocenters. The van der Waals surface area contributed by atoms with Crippen LogP contribution in [0.25, 0.3) is 21.1 Å². The van der Waals surface area contributed by atoms with E-state index >= 15 is 0 Å². The van der Waals surface area contributed by atoms with Crippen LogP contribution in [0.1, 0.15) is 63.9 Å². The van der Waals surface area contributed by atoms with Crippen molar-refractivity contribution in [3.63, 3.8) is 0 Å². The van der Waals surface area contributed by atoms with Crippen molar-refractivity contribution in [3.05, 3.63) is 58.8 Å². The fourth-order valence-corrected chi connectivity index (χ4v) is 6.25. The van der Waals surface area contributed by atoms with E-state index < -0.39 is 20.7 Å². The van der Waals surface area contributed by atoms with Crippen LogP contribution >= 0.6 is 0 Å². The van der Waals surface area contributed by atoms with Crippen molar-refractivity contribution in [2.75, 3.05) is 0 Å². The van der Waals surface area contributed by atoms with Gasteiger partial charge in [-0.3, -0.25) is 0 Å².